The fourth-order valence-electron chi connectivity index (χ4n) is 4.15. The molecule has 0 bridgehead atoms. The normalized spacial score (nSPS) is 27.2. The van der Waals surface area contributed by atoms with Crippen LogP contribution >= 0.6 is 11.6 Å². The van der Waals surface area contributed by atoms with Crippen LogP contribution < -0.4 is 0 Å². The maximum absolute atomic E-state index is 12.6. The maximum Gasteiger partial charge on any atom is 0.234 e. The van der Waals surface area contributed by atoms with E-state index < -0.39 is 0 Å². The average Bonchev–Trinajstić information content (AvgIpc) is 2.90. The molecule has 1 aliphatic carbocycles. The largest absolute Gasteiger partial charge is 0.297 e. The van der Waals surface area contributed by atoms with Crippen molar-refractivity contribution in [2.45, 2.75) is 19.4 Å². The third-order valence-electron chi connectivity index (χ3n) is 5.72. The van der Waals surface area contributed by atoms with Crippen molar-refractivity contribution in [1.29, 1.82) is 0 Å². The predicted molar refractivity (Wildman–Crippen MR) is 100 cm³/mol. The van der Waals surface area contributed by atoms with E-state index in [1.165, 1.54) is 10.5 Å². The molecule has 1 aromatic rings. The lowest BCUT2D eigenvalue weighted by molar-refractivity contribution is -0.142. The Bertz CT molecular complexity index is 684. The van der Waals surface area contributed by atoms with E-state index in [1.54, 1.807) is 0 Å². The van der Waals surface area contributed by atoms with Gasteiger partial charge in [-0.25, -0.2) is 0 Å². The summed E-state index contributed by atoms with van der Waals surface area (Å²) < 4.78 is 0. The molecule has 2 amide bonds. The monoisotopic (exact) mass is 373 g/mol. The van der Waals surface area contributed by atoms with E-state index in [0.29, 0.717) is 19.5 Å². The Morgan fingerprint density at radius 2 is 1.38 bits per heavy atom. The summed E-state index contributed by atoms with van der Waals surface area (Å²) in [5.74, 6) is -0.210. The van der Waals surface area contributed by atoms with Crippen LogP contribution in [0, 0.1) is 11.8 Å². The van der Waals surface area contributed by atoms with Crippen molar-refractivity contribution in [3.63, 3.8) is 0 Å². The summed E-state index contributed by atoms with van der Waals surface area (Å²) in [6.07, 6.45) is 5.48. The Morgan fingerprint density at radius 1 is 0.846 bits per heavy atom. The van der Waals surface area contributed by atoms with E-state index in [9.17, 15) is 9.59 Å². The lowest BCUT2D eigenvalue weighted by Crippen LogP contribution is -2.51. The van der Waals surface area contributed by atoms with Gasteiger partial charge in [-0.2, -0.15) is 0 Å². The van der Waals surface area contributed by atoms with Gasteiger partial charge >= 0.3 is 0 Å². The lowest BCUT2D eigenvalue weighted by Gasteiger charge is -2.36. The Hall–Kier alpha value is -1.69. The second-order valence-corrected chi connectivity index (χ2v) is 7.86. The van der Waals surface area contributed by atoms with Gasteiger partial charge in [0.2, 0.25) is 11.8 Å². The van der Waals surface area contributed by atoms with Crippen LogP contribution in [-0.2, 0) is 16.1 Å². The number of benzene rings is 1. The first-order chi connectivity index (χ1) is 12.6. The first-order valence-corrected chi connectivity index (χ1v) is 9.69. The molecule has 0 spiro atoms. The third-order valence-corrected chi connectivity index (χ3v) is 5.98. The molecule has 1 aromatic carbocycles. The van der Waals surface area contributed by atoms with Crippen LogP contribution in [0.1, 0.15) is 18.4 Å². The van der Waals surface area contributed by atoms with E-state index in [0.717, 1.165) is 37.7 Å². The topological polar surface area (TPSA) is 43.9 Å². The minimum atomic E-state index is -0.126. The molecule has 2 atom stereocenters. The summed E-state index contributed by atoms with van der Waals surface area (Å²) in [6, 6.07) is 7.97. The maximum atomic E-state index is 12.6. The van der Waals surface area contributed by atoms with Gasteiger partial charge in [0.1, 0.15) is 0 Å². The summed E-state index contributed by atoms with van der Waals surface area (Å²) in [5.41, 5.74) is 1.25. The van der Waals surface area contributed by atoms with Crippen LogP contribution in [0.2, 0.25) is 5.02 Å². The zero-order valence-corrected chi connectivity index (χ0v) is 15.6. The van der Waals surface area contributed by atoms with Crippen LogP contribution in [0.5, 0.6) is 0 Å². The number of fused-ring (bicyclic) bond motifs is 1. The van der Waals surface area contributed by atoms with Crippen molar-refractivity contribution in [2.24, 2.45) is 11.8 Å². The number of piperazine rings is 1. The fraction of sp³-hybridized carbons (Fsp3) is 0.500. The van der Waals surface area contributed by atoms with Crippen LogP contribution in [-0.4, -0.2) is 59.4 Å². The van der Waals surface area contributed by atoms with Crippen molar-refractivity contribution < 1.29 is 9.59 Å². The molecule has 0 N–H and O–H groups in total. The Morgan fingerprint density at radius 3 is 1.96 bits per heavy atom. The first-order valence-electron chi connectivity index (χ1n) is 9.31. The molecular weight excluding hydrogens is 350 g/mol. The lowest BCUT2D eigenvalue weighted by atomic mass is 9.85. The second-order valence-electron chi connectivity index (χ2n) is 7.42. The molecule has 2 fully saturated rings. The van der Waals surface area contributed by atoms with Gasteiger partial charge in [0.25, 0.3) is 0 Å². The van der Waals surface area contributed by atoms with E-state index in [4.69, 9.17) is 11.6 Å². The minimum Gasteiger partial charge on any atom is -0.297 e. The summed E-state index contributed by atoms with van der Waals surface area (Å²) in [5, 5.41) is 0.759. The highest BCUT2D eigenvalue weighted by Crippen LogP contribution is 2.35. The highest BCUT2D eigenvalue weighted by atomic mass is 35.5. The van der Waals surface area contributed by atoms with Gasteiger partial charge in [-0.3, -0.25) is 24.3 Å². The first kappa shape index (κ1) is 17.7. The molecule has 6 heteroatoms. The number of carbonyl (C=O) groups excluding carboxylic acids is 2. The summed E-state index contributed by atoms with van der Waals surface area (Å²) in [7, 11) is 0. The molecule has 0 unspecified atom stereocenters. The zero-order chi connectivity index (χ0) is 18.1. The fourth-order valence-corrected chi connectivity index (χ4v) is 4.27. The molecule has 5 nitrogen and oxygen atoms in total. The van der Waals surface area contributed by atoms with Crippen LogP contribution in [0.3, 0.4) is 0 Å². The second kappa shape index (κ2) is 7.51. The molecular formula is C20H24ClN3O2. The van der Waals surface area contributed by atoms with Crippen molar-refractivity contribution in [2.75, 3.05) is 32.8 Å². The number of nitrogens with zero attached hydrogens (tertiary/aromatic N) is 3. The Labute approximate surface area is 159 Å². The van der Waals surface area contributed by atoms with Gasteiger partial charge in [0.05, 0.1) is 18.5 Å². The van der Waals surface area contributed by atoms with E-state index >= 15 is 0 Å². The van der Waals surface area contributed by atoms with Gasteiger partial charge < -0.3 is 0 Å². The number of likely N-dealkylation sites (tertiary alicyclic amines) is 1. The number of imide groups is 1. The van der Waals surface area contributed by atoms with Gasteiger partial charge in [-0.1, -0.05) is 35.9 Å². The van der Waals surface area contributed by atoms with E-state index in [2.05, 4.69) is 21.9 Å². The highest BCUT2D eigenvalue weighted by Gasteiger charge is 2.47. The molecule has 2 heterocycles. The van der Waals surface area contributed by atoms with Crippen molar-refractivity contribution in [3.05, 3.63) is 47.0 Å². The van der Waals surface area contributed by atoms with Gasteiger partial charge in [0.15, 0.2) is 0 Å². The van der Waals surface area contributed by atoms with Gasteiger partial charge in [-0.05, 0) is 30.5 Å². The standard InChI is InChI=1S/C20H24ClN3O2/c21-16-7-5-15(6-8-16)13-22-9-11-23(12-10-22)14-24-19(25)17-3-1-2-4-18(17)20(24)26/h1-2,5-8,17-18H,3-4,9-14H2/t17-,18-/m1/s1. The molecule has 0 saturated carbocycles. The molecule has 2 saturated heterocycles. The van der Waals surface area contributed by atoms with Crippen molar-refractivity contribution >= 4 is 23.4 Å². The van der Waals surface area contributed by atoms with Crippen molar-refractivity contribution in [1.82, 2.24) is 14.7 Å². The van der Waals surface area contributed by atoms with Crippen LogP contribution in [0.4, 0.5) is 0 Å². The number of hydrogen-bond donors (Lipinski definition) is 0. The van der Waals surface area contributed by atoms with Gasteiger partial charge in [-0.15, -0.1) is 0 Å². The molecule has 0 radical (unpaired) electrons. The molecule has 4 rings (SSSR count). The number of halogens is 1. The Kier molecular flexibility index (Phi) is 5.11. The van der Waals surface area contributed by atoms with Crippen molar-refractivity contribution in [3.8, 4) is 0 Å². The SMILES string of the molecule is O=C1[C@@H]2CC=CC[C@H]2C(=O)N1CN1CCN(Cc2ccc(Cl)cc2)CC1. The van der Waals surface area contributed by atoms with Crippen LogP contribution in [0.15, 0.2) is 36.4 Å². The number of rotatable bonds is 4. The van der Waals surface area contributed by atoms with Gasteiger partial charge in [0, 0.05) is 37.7 Å². The molecule has 2 aliphatic heterocycles. The predicted octanol–water partition coefficient (Wildman–Crippen LogP) is 2.37. The molecule has 0 aromatic heterocycles. The molecule has 26 heavy (non-hydrogen) atoms. The number of carbonyl (C=O) groups is 2. The summed E-state index contributed by atoms with van der Waals surface area (Å²) in [4.78, 5) is 31.3. The van der Waals surface area contributed by atoms with E-state index in [1.807, 2.05) is 24.3 Å². The third kappa shape index (κ3) is 3.56. The minimum absolute atomic E-state index is 0.0212. The quantitative estimate of drug-likeness (QED) is 0.600. The number of allylic oxidation sites excluding steroid dienone is 2. The highest BCUT2D eigenvalue weighted by molar-refractivity contribution is 6.30. The number of hydrogen-bond acceptors (Lipinski definition) is 4. The molecule has 3 aliphatic rings. The van der Waals surface area contributed by atoms with E-state index in [-0.39, 0.29) is 23.7 Å². The molecule has 138 valence electrons. The summed E-state index contributed by atoms with van der Waals surface area (Å²) >= 11 is 5.94. The average molecular weight is 374 g/mol. The summed E-state index contributed by atoms with van der Waals surface area (Å²) in [6.45, 7) is 4.97. The Balaban J connectivity index is 1.29. The smallest absolute Gasteiger partial charge is 0.234 e. The number of amides is 2. The van der Waals surface area contributed by atoms with Crippen LogP contribution in [0.25, 0.3) is 0 Å². The zero-order valence-electron chi connectivity index (χ0n) is 14.8.